The van der Waals surface area contributed by atoms with Crippen molar-refractivity contribution in [3.63, 3.8) is 0 Å². The highest BCUT2D eigenvalue weighted by Gasteiger charge is 2.37. The highest BCUT2D eigenvalue weighted by Crippen LogP contribution is 2.38. The number of carbonyl (C=O) groups is 1. The number of amides is 1. The zero-order valence-electron chi connectivity index (χ0n) is 17.0. The minimum Gasteiger partial charge on any atom is -0.494 e. The second kappa shape index (κ2) is 9.21. The molecule has 1 aromatic heterocycles. The highest BCUT2D eigenvalue weighted by atomic mass is 32.2. The van der Waals surface area contributed by atoms with E-state index in [0.29, 0.717) is 11.8 Å². The van der Waals surface area contributed by atoms with E-state index >= 15 is 0 Å². The molecule has 156 valence electrons. The Bertz CT molecular complexity index is 991. The molecule has 30 heavy (non-hydrogen) atoms. The highest BCUT2D eigenvalue weighted by molar-refractivity contribution is 8.00. The Labute approximate surface area is 180 Å². The normalized spacial score (nSPS) is 17.7. The second-order valence-electron chi connectivity index (χ2n) is 6.99. The topological polar surface area (TPSA) is 81.1 Å². The molecular formula is C22H25N5O2S. The molecular weight excluding hydrogens is 398 g/mol. The van der Waals surface area contributed by atoms with E-state index in [0.717, 1.165) is 35.7 Å². The standard InChI is InChI=1S/C22H25N5O2S/c1-3-8-18-24-25-22-27(18)26-19(15-11-13-17(14-12-15)29-4-2)20(30-22)21(28)23-16-9-6-5-7-10-16/h5-7,9-14,19-20,26H,3-4,8H2,1-2H3,(H,23,28)/t19-,20-/m0/s1. The number of hydrogen-bond acceptors (Lipinski definition) is 6. The predicted molar refractivity (Wildman–Crippen MR) is 118 cm³/mol. The predicted octanol–water partition coefficient (Wildman–Crippen LogP) is 4.03. The van der Waals surface area contributed by atoms with Gasteiger partial charge in [0.25, 0.3) is 0 Å². The first-order chi connectivity index (χ1) is 14.7. The maximum atomic E-state index is 13.2. The van der Waals surface area contributed by atoms with Crippen LogP contribution < -0.4 is 15.5 Å². The summed E-state index contributed by atoms with van der Waals surface area (Å²) in [4.78, 5) is 13.2. The lowest BCUT2D eigenvalue weighted by atomic mass is 10.0. The van der Waals surface area contributed by atoms with E-state index in [1.54, 1.807) is 0 Å². The maximum Gasteiger partial charge on any atom is 0.240 e. The Hall–Kier alpha value is -3.00. The number of rotatable bonds is 7. The van der Waals surface area contributed by atoms with Gasteiger partial charge in [-0.25, -0.2) is 4.68 Å². The van der Waals surface area contributed by atoms with E-state index in [-0.39, 0.29) is 11.9 Å². The Morgan fingerprint density at radius 1 is 1.13 bits per heavy atom. The van der Waals surface area contributed by atoms with Crippen molar-refractivity contribution < 1.29 is 9.53 Å². The minimum absolute atomic E-state index is 0.0797. The fourth-order valence-corrected chi connectivity index (χ4v) is 4.51. The summed E-state index contributed by atoms with van der Waals surface area (Å²) in [7, 11) is 0. The van der Waals surface area contributed by atoms with Crippen LogP contribution in [0.1, 0.15) is 37.7 Å². The molecule has 2 aromatic carbocycles. The average Bonchev–Trinajstić information content (AvgIpc) is 3.16. The number of thioether (sulfide) groups is 1. The third kappa shape index (κ3) is 4.28. The molecule has 0 saturated heterocycles. The zero-order chi connectivity index (χ0) is 20.9. The monoisotopic (exact) mass is 423 g/mol. The Balaban J connectivity index is 1.64. The summed E-state index contributed by atoms with van der Waals surface area (Å²) >= 11 is 1.43. The molecule has 2 N–H and O–H groups in total. The number of carbonyl (C=O) groups excluding carboxylic acids is 1. The van der Waals surface area contributed by atoms with Gasteiger partial charge in [0.1, 0.15) is 11.0 Å². The third-order valence-electron chi connectivity index (χ3n) is 4.83. The van der Waals surface area contributed by atoms with Gasteiger partial charge < -0.3 is 15.5 Å². The van der Waals surface area contributed by atoms with E-state index < -0.39 is 5.25 Å². The molecule has 3 aromatic rings. The number of aryl methyl sites for hydroxylation is 1. The van der Waals surface area contributed by atoms with E-state index in [4.69, 9.17) is 4.74 Å². The van der Waals surface area contributed by atoms with Crippen LogP contribution in [0.25, 0.3) is 0 Å². The summed E-state index contributed by atoms with van der Waals surface area (Å²) in [6, 6.07) is 17.1. The number of anilines is 1. The van der Waals surface area contributed by atoms with E-state index in [9.17, 15) is 4.79 Å². The van der Waals surface area contributed by atoms with Crippen LogP contribution in [0.3, 0.4) is 0 Å². The van der Waals surface area contributed by atoms with Crippen molar-refractivity contribution >= 4 is 23.4 Å². The lowest BCUT2D eigenvalue weighted by molar-refractivity contribution is -0.116. The van der Waals surface area contributed by atoms with Gasteiger partial charge in [0, 0.05) is 12.1 Å². The molecule has 0 radical (unpaired) electrons. The van der Waals surface area contributed by atoms with Crippen LogP contribution in [-0.4, -0.2) is 32.6 Å². The second-order valence-corrected chi connectivity index (χ2v) is 8.10. The van der Waals surface area contributed by atoms with Crippen LogP contribution >= 0.6 is 11.8 Å². The number of para-hydroxylation sites is 1. The van der Waals surface area contributed by atoms with Crippen LogP contribution in [0.2, 0.25) is 0 Å². The first-order valence-electron chi connectivity index (χ1n) is 10.2. The number of ether oxygens (including phenoxy) is 1. The SMILES string of the molecule is CCCc1nnc2n1N[C@@H](c1ccc(OCC)cc1)[C@@H](C(=O)Nc1ccccc1)S2. The van der Waals surface area contributed by atoms with Gasteiger partial charge in [-0.3, -0.25) is 4.79 Å². The molecule has 4 rings (SSSR count). The summed E-state index contributed by atoms with van der Waals surface area (Å²) in [5, 5.41) is 11.9. The minimum atomic E-state index is -0.408. The van der Waals surface area contributed by atoms with Crippen LogP contribution in [0.5, 0.6) is 5.75 Å². The zero-order valence-corrected chi connectivity index (χ0v) is 17.9. The number of fused-ring (bicyclic) bond motifs is 1. The van der Waals surface area contributed by atoms with Gasteiger partial charge in [-0.05, 0) is 43.2 Å². The maximum absolute atomic E-state index is 13.2. The average molecular weight is 424 g/mol. The largest absolute Gasteiger partial charge is 0.494 e. The number of nitrogens with zero attached hydrogens (tertiary/aromatic N) is 3. The van der Waals surface area contributed by atoms with Crippen LogP contribution in [-0.2, 0) is 11.2 Å². The first-order valence-corrected chi connectivity index (χ1v) is 11.0. The molecule has 0 aliphatic carbocycles. The molecule has 0 spiro atoms. The van der Waals surface area contributed by atoms with Gasteiger partial charge in [0.15, 0.2) is 5.82 Å². The van der Waals surface area contributed by atoms with Gasteiger partial charge >= 0.3 is 0 Å². The Morgan fingerprint density at radius 3 is 2.60 bits per heavy atom. The van der Waals surface area contributed by atoms with Crippen molar-refractivity contribution in [2.24, 2.45) is 0 Å². The lowest BCUT2D eigenvalue weighted by Gasteiger charge is -2.33. The Morgan fingerprint density at radius 2 is 1.90 bits per heavy atom. The summed E-state index contributed by atoms with van der Waals surface area (Å²) in [5.41, 5.74) is 5.26. The molecule has 1 amide bonds. The molecule has 0 bridgehead atoms. The van der Waals surface area contributed by atoms with Crippen molar-refractivity contribution in [3.05, 3.63) is 66.0 Å². The molecule has 8 heteroatoms. The quantitative estimate of drug-likeness (QED) is 0.597. The lowest BCUT2D eigenvalue weighted by Crippen LogP contribution is -2.41. The van der Waals surface area contributed by atoms with Crippen molar-refractivity contribution in [2.75, 3.05) is 17.3 Å². The molecule has 1 aliphatic heterocycles. The summed E-state index contributed by atoms with van der Waals surface area (Å²) < 4.78 is 7.48. The molecule has 0 fully saturated rings. The first kappa shape index (κ1) is 20.3. The number of hydrogen-bond donors (Lipinski definition) is 2. The van der Waals surface area contributed by atoms with Gasteiger partial charge in [-0.2, -0.15) is 0 Å². The van der Waals surface area contributed by atoms with Crippen LogP contribution in [0.4, 0.5) is 5.69 Å². The molecule has 0 unspecified atom stereocenters. The summed E-state index contributed by atoms with van der Waals surface area (Å²) in [6.45, 7) is 4.68. The molecule has 7 nitrogen and oxygen atoms in total. The van der Waals surface area contributed by atoms with Crippen molar-refractivity contribution in [3.8, 4) is 5.75 Å². The van der Waals surface area contributed by atoms with E-state index in [1.807, 2.05) is 66.2 Å². The van der Waals surface area contributed by atoms with E-state index in [2.05, 4.69) is 27.9 Å². The smallest absolute Gasteiger partial charge is 0.240 e. The third-order valence-corrected chi connectivity index (χ3v) is 6.04. The molecule has 2 atom stereocenters. The Kier molecular flexibility index (Phi) is 6.23. The number of aromatic nitrogens is 3. The van der Waals surface area contributed by atoms with Crippen molar-refractivity contribution in [1.29, 1.82) is 0 Å². The van der Waals surface area contributed by atoms with E-state index in [1.165, 1.54) is 11.8 Å². The van der Waals surface area contributed by atoms with Gasteiger partial charge in [-0.1, -0.05) is 49.0 Å². The fourth-order valence-electron chi connectivity index (χ4n) is 3.41. The molecule has 1 aliphatic rings. The molecule has 0 saturated carbocycles. The summed E-state index contributed by atoms with van der Waals surface area (Å²) in [5.74, 6) is 1.60. The molecule has 2 heterocycles. The summed E-state index contributed by atoms with van der Waals surface area (Å²) in [6.07, 6.45) is 1.79. The van der Waals surface area contributed by atoms with Crippen LogP contribution in [0, 0.1) is 0 Å². The van der Waals surface area contributed by atoms with Crippen molar-refractivity contribution in [1.82, 2.24) is 14.9 Å². The van der Waals surface area contributed by atoms with Gasteiger partial charge in [-0.15, -0.1) is 10.2 Å². The van der Waals surface area contributed by atoms with Crippen molar-refractivity contribution in [2.45, 2.75) is 43.1 Å². The fraction of sp³-hybridized carbons (Fsp3) is 0.318. The number of nitrogens with one attached hydrogen (secondary N) is 2. The van der Waals surface area contributed by atoms with Crippen LogP contribution in [0.15, 0.2) is 59.8 Å². The number of benzene rings is 2. The van der Waals surface area contributed by atoms with Gasteiger partial charge in [0.05, 0.1) is 12.6 Å². The van der Waals surface area contributed by atoms with Gasteiger partial charge in [0.2, 0.25) is 11.1 Å².